The molecule has 1 aliphatic carbocycles. The second-order valence-electron chi connectivity index (χ2n) is 7.17. The highest BCUT2D eigenvalue weighted by molar-refractivity contribution is 7.89. The van der Waals surface area contributed by atoms with Crippen molar-refractivity contribution in [3.8, 4) is 0 Å². The molecule has 6 nitrogen and oxygen atoms in total. The van der Waals surface area contributed by atoms with Gasteiger partial charge in [0, 0.05) is 24.2 Å². The van der Waals surface area contributed by atoms with Crippen LogP contribution in [-0.4, -0.2) is 49.0 Å². The molecule has 0 aromatic heterocycles. The monoisotopic (exact) mass is 400 g/mol. The number of halogens is 1. The van der Waals surface area contributed by atoms with Gasteiger partial charge in [0.2, 0.25) is 15.9 Å². The lowest BCUT2D eigenvalue weighted by Crippen LogP contribution is -2.48. The highest BCUT2D eigenvalue weighted by atomic mass is 35.5. The first-order valence-electron chi connectivity index (χ1n) is 9.10. The third kappa shape index (κ3) is 4.57. The summed E-state index contributed by atoms with van der Waals surface area (Å²) in [7, 11) is -3.66. The van der Waals surface area contributed by atoms with Crippen LogP contribution in [0.5, 0.6) is 0 Å². The van der Waals surface area contributed by atoms with Crippen LogP contribution >= 0.6 is 11.6 Å². The fourth-order valence-electron chi connectivity index (χ4n) is 3.69. The number of aliphatic hydroxyl groups excluding tert-OH is 1. The molecule has 1 saturated carbocycles. The summed E-state index contributed by atoms with van der Waals surface area (Å²) in [6, 6.07) is 6.28. The van der Waals surface area contributed by atoms with Gasteiger partial charge in [0.05, 0.1) is 16.9 Å². The van der Waals surface area contributed by atoms with Crippen molar-refractivity contribution < 1.29 is 18.3 Å². The minimum absolute atomic E-state index is 0.0748. The molecule has 2 fully saturated rings. The van der Waals surface area contributed by atoms with Crippen molar-refractivity contribution in [2.24, 2.45) is 5.92 Å². The van der Waals surface area contributed by atoms with Gasteiger partial charge in [-0.2, -0.15) is 4.31 Å². The van der Waals surface area contributed by atoms with E-state index in [0.717, 1.165) is 12.8 Å². The predicted molar refractivity (Wildman–Crippen MR) is 99.3 cm³/mol. The molecule has 1 unspecified atom stereocenters. The van der Waals surface area contributed by atoms with Crippen molar-refractivity contribution in [3.05, 3.63) is 29.3 Å². The first kappa shape index (κ1) is 19.6. The van der Waals surface area contributed by atoms with E-state index >= 15 is 0 Å². The van der Waals surface area contributed by atoms with Gasteiger partial charge in [0.25, 0.3) is 0 Å². The minimum atomic E-state index is -3.66. The zero-order valence-electron chi connectivity index (χ0n) is 14.6. The van der Waals surface area contributed by atoms with Gasteiger partial charge in [0.15, 0.2) is 0 Å². The average molecular weight is 401 g/mol. The standard InChI is InChI=1S/C18H25ClN2O4S/c19-14-4-1-5-17(11-14)26(24,25)21-10-2-3-13(12-21)18(23)20-15-6-8-16(22)9-7-15/h1,4-5,11,13,15-16,22H,2-3,6-10,12H2,(H,20,23). The summed E-state index contributed by atoms with van der Waals surface area (Å²) in [5.74, 6) is -0.429. The average Bonchev–Trinajstić information content (AvgIpc) is 2.63. The van der Waals surface area contributed by atoms with Gasteiger partial charge in [-0.1, -0.05) is 17.7 Å². The molecule has 1 atom stereocenters. The number of carbonyl (C=O) groups is 1. The molecule has 1 aliphatic heterocycles. The summed E-state index contributed by atoms with van der Waals surface area (Å²) < 4.78 is 27.1. The molecule has 8 heteroatoms. The number of amides is 1. The molecule has 3 rings (SSSR count). The number of benzene rings is 1. The van der Waals surface area contributed by atoms with E-state index in [4.69, 9.17) is 11.6 Å². The van der Waals surface area contributed by atoms with E-state index < -0.39 is 10.0 Å². The largest absolute Gasteiger partial charge is 0.393 e. The highest BCUT2D eigenvalue weighted by Crippen LogP contribution is 2.26. The summed E-state index contributed by atoms with van der Waals surface area (Å²) in [5, 5.41) is 13.0. The van der Waals surface area contributed by atoms with Crippen LogP contribution in [0.2, 0.25) is 5.02 Å². The van der Waals surface area contributed by atoms with Gasteiger partial charge < -0.3 is 10.4 Å². The Morgan fingerprint density at radius 3 is 2.62 bits per heavy atom. The summed E-state index contributed by atoms with van der Waals surface area (Å²) in [6.07, 6.45) is 4.00. The Bertz CT molecular complexity index is 747. The summed E-state index contributed by atoms with van der Waals surface area (Å²) in [4.78, 5) is 12.8. The van der Waals surface area contributed by atoms with Crippen LogP contribution < -0.4 is 5.32 Å². The molecule has 1 saturated heterocycles. The lowest BCUT2D eigenvalue weighted by atomic mass is 9.92. The Labute approximate surface area is 159 Å². The number of sulfonamides is 1. The molecule has 1 amide bonds. The van der Waals surface area contributed by atoms with Crippen LogP contribution in [0.25, 0.3) is 0 Å². The van der Waals surface area contributed by atoms with Gasteiger partial charge in [-0.3, -0.25) is 4.79 Å². The molecule has 2 N–H and O–H groups in total. The number of hydrogen-bond donors (Lipinski definition) is 2. The number of aliphatic hydroxyl groups is 1. The fourth-order valence-corrected chi connectivity index (χ4v) is 5.52. The van der Waals surface area contributed by atoms with E-state index in [0.29, 0.717) is 37.3 Å². The zero-order valence-corrected chi connectivity index (χ0v) is 16.2. The van der Waals surface area contributed by atoms with Gasteiger partial charge >= 0.3 is 0 Å². The Hall–Kier alpha value is -1.15. The lowest BCUT2D eigenvalue weighted by Gasteiger charge is -2.33. The number of rotatable bonds is 4. The molecule has 144 valence electrons. The highest BCUT2D eigenvalue weighted by Gasteiger charge is 2.34. The maximum atomic E-state index is 12.8. The van der Waals surface area contributed by atoms with E-state index in [1.165, 1.54) is 16.4 Å². The maximum absolute atomic E-state index is 12.8. The molecule has 1 aromatic rings. The van der Waals surface area contributed by atoms with Crippen LogP contribution in [0.4, 0.5) is 0 Å². The molecular formula is C18H25ClN2O4S. The van der Waals surface area contributed by atoms with Crippen LogP contribution in [0.15, 0.2) is 29.2 Å². The summed E-state index contributed by atoms with van der Waals surface area (Å²) in [6.45, 7) is 0.601. The topological polar surface area (TPSA) is 86.7 Å². The van der Waals surface area contributed by atoms with E-state index in [9.17, 15) is 18.3 Å². The number of piperidine rings is 1. The molecule has 26 heavy (non-hydrogen) atoms. The van der Waals surface area contributed by atoms with E-state index in [-0.39, 0.29) is 35.4 Å². The number of nitrogens with zero attached hydrogens (tertiary/aromatic N) is 1. The van der Waals surface area contributed by atoms with Gasteiger partial charge in [0.1, 0.15) is 0 Å². The molecule has 2 aliphatic rings. The number of hydrogen-bond acceptors (Lipinski definition) is 4. The molecule has 0 spiro atoms. The normalized spacial score (nSPS) is 27.8. The number of nitrogens with one attached hydrogen (secondary N) is 1. The first-order chi connectivity index (χ1) is 12.4. The van der Waals surface area contributed by atoms with Crippen LogP contribution in [0.1, 0.15) is 38.5 Å². The van der Waals surface area contributed by atoms with E-state index in [2.05, 4.69) is 5.32 Å². The quantitative estimate of drug-likeness (QED) is 0.810. The molecule has 0 radical (unpaired) electrons. The second-order valence-corrected chi connectivity index (χ2v) is 9.55. The van der Waals surface area contributed by atoms with Crippen molar-refractivity contribution in [2.75, 3.05) is 13.1 Å². The smallest absolute Gasteiger partial charge is 0.243 e. The van der Waals surface area contributed by atoms with E-state index in [1.54, 1.807) is 12.1 Å². The molecule has 1 aromatic carbocycles. The van der Waals surface area contributed by atoms with Crippen LogP contribution in [0.3, 0.4) is 0 Å². The van der Waals surface area contributed by atoms with E-state index in [1.807, 2.05) is 0 Å². The molecule has 0 bridgehead atoms. The van der Waals surface area contributed by atoms with Crippen LogP contribution in [0, 0.1) is 5.92 Å². The zero-order chi connectivity index (χ0) is 18.7. The number of carbonyl (C=O) groups excluding carboxylic acids is 1. The SMILES string of the molecule is O=C(NC1CCC(O)CC1)C1CCCN(S(=O)(=O)c2cccc(Cl)c2)C1. The third-order valence-electron chi connectivity index (χ3n) is 5.23. The Kier molecular flexibility index (Phi) is 6.22. The second kappa shape index (κ2) is 8.25. The van der Waals surface area contributed by atoms with Crippen molar-refractivity contribution in [3.63, 3.8) is 0 Å². The fraction of sp³-hybridized carbons (Fsp3) is 0.611. The molecule has 1 heterocycles. The van der Waals surface area contributed by atoms with Crippen molar-refractivity contribution in [2.45, 2.75) is 55.6 Å². The van der Waals surface area contributed by atoms with Crippen molar-refractivity contribution in [1.82, 2.24) is 9.62 Å². The van der Waals surface area contributed by atoms with Gasteiger partial charge in [-0.15, -0.1) is 0 Å². The Morgan fingerprint density at radius 2 is 1.92 bits per heavy atom. The van der Waals surface area contributed by atoms with Gasteiger partial charge in [-0.25, -0.2) is 8.42 Å². The lowest BCUT2D eigenvalue weighted by molar-refractivity contribution is -0.127. The summed E-state index contributed by atoms with van der Waals surface area (Å²) in [5.41, 5.74) is 0. The Morgan fingerprint density at radius 1 is 1.19 bits per heavy atom. The minimum Gasteiger partial charge on any atom is -0.393 e. The van der Waals surface area contributed by atoms with Crippen LogP contribution in [-0.2, 0) is 14.8 Å². The predicted octanol–water partition coefficient (Wildman–Crippen LogP) is 2.16. The maximum Gasteiger partial charge on any atom is 0.243 e. The van der Waals surface area contributed by atoms with Crippen molar-refractivity contribution >= 4 is 27.5 Å². The summed E-state index contributed by atoms with van der Waals surface area (Å²) >= 11 is 5.92. The molecular weight excluding hydrogens is 376 g/mol. The van der Waals surface area contributed by atoms with Crippen molar-refractivity contribution in [1.29, 1.82) is 0 Å². The third-order valence-corrected chi connectivity index (χ3v) is 7.33. The first-order valence-corrected chi connectivity index (χ1v) is 10.9. The Balaban J connectivity index is 1.64. The van der Waals surface area contributed by atoms with Gasteiger partial charge in [-0.05, 0) is 56.7 Å².